The summed E-state index contributed by atoms with van der Waals surface area (Å²) in [5.74, 6) is 1.35. The minimum absolute atomic E-state index is 0.287. The monoisotopic (exact) mass is 298 g/mol. The van der Waals surface area contributed by atoms with Crippen molar-refractivity contribution in [1.29, 1.82) is 0 Å². The Morgan fingerprint density at radius 2 is 2.14 bits per heavy atom. The molecular formula is C15H18N6O. The van der Waals surface area contributed by atoms with Crippen molar-refractivity contribution < 1.29 is 4.74 Å². The van der Waals surface area contributed by atoms with E-state index in [0.29, 0.717) is 28.9 Å². The van der Waals surface area contributed by atoms with Crippen molar-refractivity contribution in [2.45, 2.75) is 5.92 Å². The Hall–Kier alpha value is -2.67. The van der Waals surface area contributed by atoms with Crippen LogP contribution in [-0.4, -0.2) is 36.0 Å². The van der Waals surface area contributed by atoms with Crippen LogP contribution in [0, 0.1) is 0 Å². The summed E-state index contributed by atoms with van der Waals surface area (Å²) in [6.45, 7) is 1.79. The number of ether oxygens (including phenoxy) is 1. The Labute approximate surface area is 128 Å². The topological polar surface area (TPSA) is 111 Å². The minimum Gasteiger partial charge on any atom is -0.478 e. The van der Waals surface area contributed by atoms with E-state index in [1.165, 1.54) is 7.11 Å². The number of benzene rings is 1. The fourth-order valence-electron chi connectivity index (χ4n) is 2.20. The van der Waals surface area contributed by atoms with E-state index in [4.69, 9.17) is 16.2 Å². The van der Waals surface area contributed by atoms with Gasteiger partial charge in [-0.15, -0.1) is 0 Å². The second kappa shape index (κ2) is 5.98. The maximum Gasteiger partial charge on any atom is 0.259 e. The molecule has 114 valence electrons. The van der Waals surface area contributed by atoms with Crippen LogP contribution in [0.5, 0.6) is 5.88 Å². The zero-order valence-corrected chi connectivity index (χ0v) is 12.3. The van der Waals surface area contributed by atoms with Gasteiger partial charge in [0, 0.05) is 30.3 Å². The Balaban J connectivity index is 1.99. The molecule has 0 spiro atoms. The number of aromatic nitrogens is 2. The number of nitrogens with zero attached hydrogens (tertiary/aromatic N) is 3. The lowest BCUT2D eigenvalue weighted by Gasteiger charge is -2.26. The van der Waals surface area contributed by atoms with Crippen LogP contribution in [0.2, 0.25) is 0 Å². The minimum atomic E-state index is 0.287. The zero-order chi connectivity index (χ0) is 15.5. The Morgan fingerprint density at radius 3 is 2.77 bits per heavy atom. The molecule has 7 nitrogen and oxygen atoms in total. The molecule has 1 aromatic carbocycles. The van der Waals surface area contributed by atoms with E-state index in [1.54, 1.807) is 12.3 Å². The second-order valence-electron chi connectivity index (χ2n) is 5.07. The van der Waals surface area contributed by atoms with Crippen molar-refractivity contribution in [3.05, 3.63) is 41.7 Å². The van der Waals surface area contributed by atoms with Crippen molar-refractivity contribution in [2.24, 2.45) is 10.7 Å². The predicted molar refractivity (Wildman–Crippen MR) is 85.4 cm³/mol. The molecule has 3 rings (SSSR count). The number of rotatable bonds is 4. The summed E-state index contributed by atoms with van der Waals surface area (Å²) in [5.41, 5.74) is 14.1. The first-order valence-electron chi connectivity index (χ1n) is 6.99. The van der Waals surface area contributed by atoms with Crippen LogP contribution in [0.25, 0.3) is 0 Å². The van der Waals surface area contributed by atoms with E-state index < -0.39 is 0 Å². The number of anilines is 1. The lowest BCUT2D eigenvalue weighted by molar-refractivity contribution is 0.393. The molecule has 5 N–H and O–H groups in total. The molecule has 0 unspecified atom stereocenters. The number of nitrogens with one attached hydrogen (secondary N) is 1. The molecule has 2 heterocycles. The van der Waals surface area contributed by atoms with E-state index in [1.807, 2.05) is 18.2 Å². The first-order chi connectivity index (χ1) is 10.7. The van der Waals surface area contributed by atoms with E-state index in [2.05, 4.69) is 20.3 Å². The van der Waals surface area contributed by atoms with Gasteiger partial charge in [0.15, 0.2) is 0 Å². The summed E-state index contributed by atoms with van der Waals surface area (Å²) in [5, 5.41) is 3.21. The standard InChI is InChI=1S/C15H18N6O/c1-22-15-14(20-12(8-19-15)9-6-18-7-9)21-13(17)10-4-2-3-5-11(10)16/h2-5,8-9,18H,6-7,16H2,1H3,(H2,17,20,21). The normalized spacial score (nSPS) is 15.4. The molecule has 0 amide bonds. The fraction of sp³-hybridized carbons (Fsp3) is 0.267. The van der Waals surface area contributed by atoms with Gasteiger partial charge in [0.05, 0.1) is 19.0 Å². The van der Waals surface area contributed by atoms with Gasteiger partial charge >= 0.3 is 0 Å². The Morgan fingerprint density at radius 1 is 1.36 bits per heavy atom. The van der Waals surface area contributed by atoms with Gasteiger partial charge in [-0.1, -0.05) is 12.1 Å². The number of aliphatic imine (C=N–C) groups is 1. The molecule has 0 atom stereocenters. The highest BCUT2D eigenvalue weighted by Crippen LogP contribution is 2.27. The maximum absolute atomic E-state index is 6.06. The van der Waals surface area contributed by atoms with Gasteiger partial charge in [0.2, 0.25) is 5.82 Å². The van der Waals surface area contributed by atoms with Gasteiger partial charge in [-0.3, -0.25) is 0 Å². The summed E-state index contributed by atoms with van der Waals surface area (Å²) < 4.78 is 5.22. The highest BCUT2D eigenvalue weighted by atomic mass is 16.5. The summed E-state index contributed by atoms with van der Waals surface area (Å²) in [6.07, 6.45) is 1.72. The van der Waals surface area contributed by atoms with Crippen molar-refractivity contribution in [3.8, 4) is 5.88 Å². The van der Waals surface area contributed by atoms with Gasteiger partial charge in [0.1, 0.15) is 5.84 Å². The van der Waals surface area contributed by atoms with Crippen LogP contribution >= 0.6 is 0 Å². The van der Waals surface area contributed by atoms with Crippen LogP contribution < -0.4 is 21.5 Å². The molecule has 1 saturated heterocycles. The van der Waals surface area contributed by atoms with E-state index in [-0.39, 0.29) is 5.84 Å². The molecule has 1 aromatic heterocycles. The number of hydrogen-bond donors (Lipinski definition) is 3. The van der Waals surface area contributed by atoms with Crippen LogP contribution in [-0.2, 0) is 0 Å². The van der Waals surface area contributed by atoms with Crippen LogP contribution in [0.1, 0.15) is 17.2 Å². The van der Waals surface area contributed by atoms with Crippen molar-refractivity contribution in [3.63, 3.8) is 0 Å². The molecule has 1 aliphatic heterocycles. The molecule has 0 radical (unpaired) electrons. The number of hydrogen-bond acceptors (Lipinski definition) is 6. The lowest BCUT2D eigenvalue weighted by Crippen LogP contribution is -2.40. The van der Waals surface area contributed by atoms with Gasteiger partial charge in [0.25, 0.3) is 5.88 Å². The smallest absolute Gasteiger partial charge is 0.259 e. The highest BCUT2D eigenvalue weighted by molar-refractivity contribution is 6.03. The third-order valence-corrected chi connectivity index (χ3v) is 3.60. The molecule has 22 heavy (non-hydrogen) atoms. The zero-order valence-electron chi connectivity index (χ0n) is 12.3. The summed E-state index contributed by atoms with van der Waals surface area (Å²) >= 11 is 0. The molecule has 0 bridgehead atoms. The average Bonchev–Trinajstić information content (AvgIpc) is 2.46. The van der Waals surface area contributed by atoms with Crippen LogP contribution in [0.3, 0.4) is 0 Å². The van der Waals surface area contributed by atoms with Gasteiger partial charge in [-0.2, -0.15) is 0 Å². The lowest BCUT2D eigenvalue weighted by atomic mass is 10.00. The number of amidine groups is 1. The van der Waals surface area contributed by atoms with Crippen LogP contribution in [0.4, 0.5) is 11.5 Å². The SMILES string of the molecule is COc1ncc(C2CNC2)nc1N=C(N)c1ccccc1N. The van der Waals surface area contributed by atoms with Crippen molar-refractivity contribution in [2.75, 3.05) is 25.9 Å². The van der Waals surface area contributed by atoms with E-state index >= 15 is 0 Å². The number of methoxy groups -OCH3 is 1. The number of nitrogen functional groups attached to an aromatic ring is 1. The molecule has 0 saturated carbocycles. The molecular weight excluding hydrogens is 280 g/mol. The molecule has 1 aliphatic rings. The van der Waals surface area contributed by atoms with Gasteiger partial charge in [-0.05, 0) is 12.1 Å². The van der Waals surface area contributed by atoms with Crippen molar-refractivity contribution in [1.82, 2.24) is 15.3 Å². The van der Waals surface area contributed by atoms with E-state index in [0.717, 1.165) is 18.8 Å². The van der Waals surface area contributed by atoms with Gasteiger partial charge in [-0.25, -0.2) is 15.0 Å². The average molecular weight is 298 g/mol. The summed E-state index contributed by atoms with van der Waals surface area (Å²) in [6, 6.07) is 7.29. The molecule has 0 aliphatic carbocycles. The molecule has 2 aromatic rings. The van der Waals surface area contributed by atoms with E-state index in [9.17, 15) is 0 Å². The Bertz CT molecular complexity index is 711. The predicted octanol–water partition coefficient (Wildman–Crippen LogP) is 0.791. The third-order valence-electron chi connectivity index (χ3n) is 3.60. The first-order valence-corrected chi connectivity index (χ1v) is 6.99. The molecule has 7 heteroatoms. The van der Waals surface area contributed by atoms with Gasteiger partial charge < -0.3 is 21.5 Å². The fourth-order valence-corrected chi connectivity index (χ4v) is 2.20. The maximum atomic E-state index is 6.06. The highest BCUT2D eigenvalue weighted by Gasteiger charge is 2.22. The van der Waals surface area contributed by atoms with Crippen LogP contribution in [0.15, 0.2) is 35.5 Å². The summed E-state index contributed by atoms with van der Waals surface area (Å²) in [4.78, 5) is 13.1. The Kier molecular flexibility index (Phi) is 3.88. The number of para-hydroxylation sites is 1. The molecule has 1 fully saturated rings. The largest absolute Gasteiger partial charge is 0.478 e. The first kappa shape index (κ1) is 14.3. The second-order valence-corrected chi connectivity index (χ2v) is 5.07. The summed E-state index contributed by atoms with van der Waals surface area (Å²) in [7, 11) is 1.53. The van der Waals surface area contributed by atoms with Crippen molar-refractivity contribution >= 4 is 17.3 Å². The quantitative estimate of drug-likeness (QED) is 0.437. The third kappa shape index (κ3) is 2.71. The number of nitrogens with two attached hydrogens (primary N) is 2.